The molecule has 2 aromatic rings. The summed E-state index contributed by atoms with van der Waals surface area (Å²) in [5, 5.41) is 4.14. The first kappa shape index (κ1) is 14.5. The van der Waals surface area contributed by atoms with Crippen molar-refractivity contribution in [2.45, 2.75) is 24.3 Å². The Morgan fingerprint density at radius 2 is 2.26 bits per heavy atom. The molecule has 0 aliphatic heterocycles. The van der Waals surface area contributed by atoms with Crippen LogP contribution in [-0.4, -0.2) is 19.4 Å². The highest BCUT2D eigenvalue weighted by molar-refractivity contribution is 7.89. The molecule has 0 aliphatic carbocycles. The van der Waals surface area contributed by atoms with Crippen LogP contribution in [0.2, 0.25) is 5.02 Å². The van der Waals surface area contributed by atoms with Gasteiger partial charge in [-0.3, -0.25) is 4.98 Å². The molecule has 7 heteroatoms. The summed E-state index contributed by atoms with van der Waals surface area (Å²) < 4.78 is 26.9. The fourth-order valence-corrected chi connectivity index (χ4v) is 4.05. The summed E-state index contributed by atoms with van der Waals surface area (Å²) in [7, 11) is -3.63. The first-order valence-electron chi connectivity index (χ1n) is 5.62. The van der Waals surface area contributed by atoms with Gasteiger partial charge in [0.2, 0.25) is 10.0 Å². The normalized spacial score (nSPS) is 13.4. The first-order valence-corrected chi connectivity index (χ1v) is 8.42. The molecule has 0 aromatic carbocycles. The molecule has 19 heavy (non-hydrogen) atoms. The van der Waals surface area contributed by atoms with Crippen molar-refractivity contribution in [2.75, 3.05) is 0 Å². The first-order chi connectivity index (χ1) is 8.99. The summed E-state index contributed by atoms with van der Waals surface area (Å²) in [5.74, 6) is 0. The summed E-state index contributed by atoms with van der Waals surface area (Å²) in [4.78, 5) is 3.80. The monoisotopic (exact) mass is 316 g/mol. The molecule has 4 nitrogen and oxygen atoms in total. The Bertz CT molecular complexity index is 642. The Labute approximate surface area is 121 Å². The molecule has 1 atom stereocenters. The fraction of sp³-hybridized carbons (Fsp3) is 0.250. The third kappa shape index (κ3) is 3.76. The van der Waals surface area contributed by atoms with Crippen molar-refractivity contribution in [2.24, 2.45) is 0 Å². The predicted molar refractivity (Wildman–Crippen MR) is 77.1 cm³/mol. The summed E-state index contributed by atoms with van der Waals surface area (Å²) in [5.41, 5.74) is 1.11. The molecule has 0 amide bonds. The van der Waals surface area contributed by atoms with Gasteiger partial charge in [0.25, 0.3) is 0 Å². The zero-order valence-corrected chi connectivity index (χ0v) is 12.6. The number of nitrogens with one attached hydrogen (secondary N) is 1. The molecule has 2 rings (SSSR count). The van der Waals surface area contributed by atoms with E-state index in [-0.39, 0.29) is 16.0 Å². The summed E-state index contributed by atoms with van der Waals surface area (Å²) in [6, 6.07) is 3.22. The summed E-state index contributed by atoms with van der Waals surface area (Å²) >= 11 is 7.47. The van der Waals surface area contributed by atoms with Gasteiger partial charge < -0.3 is 0 Å². The standard InChI is InChI=1S/C12H13ClN2O2S2/c1-9(6-10-3-5-18-8-10)15-19(16,17)12-7-14-4-2-11(12)13/h2-5,7-9,15H,6H2,1H3. The molecule has 0 spiro atoms. The highest BCUT2D eigenvalue weighted by Crippen LogP contribution is 2.19. The lowest BCUT2D eigenvalue weighted by Crippen LogP contribution is -2.34. The summed E-state index contributed by atoms with van der Waals surface area (Å²) in [6.45, 7) is 1.82. The van der Waals surface area contributed by atoms with Gasteiger partial charge in [0, 0.05) is 18.4 Å². The Balaban J connectivity index is 2.11. The van der Waals surface area contributed by atoms with E-state index in [1.807, 2.05) is 23.8 Å². The van der Waals surface area contributed by atoms with E-state index in [9.17, 15) is 8.42 Å². The van der Waals surface area contributed by atoms with Gasteiger partial charge in [-0.15, -0.1) is 0 Å². The Kier molecular flexibility index (Phi) is 4.57. The maximum atomic E-state index is 12.2. The maximum absolute atomic E-state index is 12.2. The van der Waals surface area contributed by atoms with Crippen LogP contribution in [0.15, 0.2) is 40.2 Å². The second kappa shape index (κ2) is 6.00. The Morgan fingerprint density at radius 3 is 2.89 bits per heavy atom. The van der Waals surface area contributed by atoms with Crippen LogP contribution in [0, 0.1) is 0 Å². The number of hydrogen-bond acceptors (Lipinski definition) is 4. The SMILES string of the molecule is CC(Cc1ccsc1)NS(=O)(=O)c1cnccc1Cl. The molecule has 0 saturated carbocycles. The van der Waals surface area contributed by atoms with Crippen LogP contribution in [0.4, 0.5) is 0 Å². The molecule has 0 aliphatic rings. The number of thiophene rings is 1. The minimum absolute atomic E-state index is 0.00818. The molecule has 0 fully saturated rings. The van der Waals surface area contributed by atoms with E-state index in [1.165, 1.54) is 18.5 Å². The smallest absolute Gasteiger partial charge is 0.243 e. The van der Waals surface area contributed by atoms with Crippen LogP contribution >= 0.6 is 22.9 Å². The Hall–Kier alpha value is -0.950. The number of hydrogen-bond donors (Lipinski definition) is 1. The van der Waals surface area contributed by atoms with Crippen LogP contribution in [0.25, 0.3) is 0 Å². The predicted octanol–water partition coefficient (Wildman–Crippen LogP) is 2.71. The lowest BCUT2D eigenvalue weighted by molar-refractivity contribution is 0.559. The number of sulfonamides is 1. The third-order valence-electron chi connectivity index (χ3n) is 2.50. The van der Waals surface area contributed by atoms with Gasteiger partial charge in [-0.25, -0.2) is 13.1 Å². The minimum Gasteiger partial charge on any atom is -0.263 e. The van der Waals surface area contributed by atoms with Gasteiger partial charge in [0.15, 0.2) is 0 Å². The van der Waals surface area contributed by atoms with Gasteiger partial charge in [-0.05, 0) is 41.8 Å². The van der Waals surface area contributed by atoms with Crippen LogP contribution < -0.4 is 4.72 Å². The van der Waals surface area contributed by atoms with Crippen molar-refractivity contribution >= 4 is 33.0 Å². The van der Waals surface area contributed by atoms with E-state index in [1.54, 1.807) is 11.3 Å². The van der Waals surface area contributed by atoms with E-state index < -0.39 is 10.0 Å². The van der Waals surface area contributed by atoms with E-state index in [0.29, 0.717) is 6.42 Å². The molecular weight excluding hydrogens is 304 g/mol. The van der Waals surface area contributed by atoms with E-state index in [4.69, 9.17) is 11.6 Å². The van der Waals surface area contributed by atoms with E-state index in [2.05, 4.69) is 9.71 Å². The molecule has 0 saturated heterocycles. The second-order valence-electron chi connectivity index (χ2n) is 4.16. The molecule has 2 aromatic heterocycles. The number of halogens is 1. The van der Waals surface area contributed by atoms with Crippen molar-refractivity contribution < 1.29 is 8.42 Å². The molecule has 0 bridgehead atoms. The zero-order valence-electron chi connectivity index (χ0n) is 10.2. The van der Waals surface area contributed by atoms with Crippen molar-refractivity contribution in [3.63, 3.8) is 0 Å². The molecule has 2 heterocycles. The highest BCUT2D eigenvalue weighted by Gasteiger charge is 2.20. The average Bonchev–Trinajstić information content (AvgIpc) is 2.81. The molecule has 1 N–H and O–H groups in total. The zero-order chi connectivity index (χ0) is 13.9. The Morgan fingerprint density at radius 1 is 1.47 bits per heavy atom. The van der Waals surface area contributed by atoms with Crippen molar-refractivity contribution in [3.05, 3.63) is 45.9 Å². The number of rotatable bonds is 5. The van der Waals surface area contributed by atoms with Gasteiger partial charge in [-0.2, -0.15) is 11.3 Å². The fourth-order valence-electron chi connectivity index (χ4n) is 1.69. The number of pyridine rings is 1. The molecule has 0 radical (unpaired) electrons. The van der Waals surface area contributed by atoms with Crippen LogP contribution in [0.5, 0.6) is 0 Å². The molecular formula is C12H13ClN2O2S2. The lowest BCUT2D eigenvalue weighted by atomic mass is 10.1. The van der Waals surface area contributed by atoms with Crippen LogP contribution in [0.3, 0.4) is 0 Å². The van der Waals surface area contributed by atoms with Crippen molar-refractivity contribution in [1.82, 2.24) is 9.71 Å². The van der Waals surface area contributed by atoms with Crippen LogP contribution in [0.1, 0.15) is 12.5 Å². The molecule has 102 valence electrons. The third-order valence-corrected chi connectivity index (χ3v) is 5.29. The average molecular weight is 317 g/mol. The van der Waals surface area contributed by atoms with Crippen LogP contribution in [-0.2, 0) is 16.4 Å². The van der Waals surface area contributed by atoms with E-state index >= 15 is 0 Å². The molecule has 1 unspecified atom stereocenters. The van der Waals surface area contributed by atoms with Gasteiger partial charge in [0.1, 0.15) is 4.90 Å². The minimum atomic E-state index is -3.63. The lowest BCUT2D eigenvalue weighted by Gasteiger charge is -2.14. The largest absolute Gasteiger partial charge is 0.263 e. The van der Waals surface area contributed by atoms with Gasteiger partial charge >= 0.3 is 0 Å². The number of aromatic nitrogens is 1. The second-order valence-corrected chi connectivity index (χ2v) is 7.03. The van der Waals surface area contributed by atoms with Gasteiger partial charge in [-0.1, -0.05) is 11.6 Å². The van der Waals surface area contributed by atoms with Crippen molar-refractivity contribution in [1.29, 1.82) is 0 Å². The summed E-state index contributed by atoms with van der Waals surface area (Å²) in [6.07, 6.45) is 3.35. The quantitative estimate of drug-likeness (QED) is 0.922. The topological polar surface area (TPSA) is 59.1 Å². The van der Waals surface area contributed by atoms with Crippen molar-refractivity contribution in [3.8, 4) is 0 Å². The highest BCUT2D eigenvalue weighted by atomic mass is 35.5. The van der Waals surface area contributed by atoms with Gasteiger partial charge in [0.05, 0.1) is 5.02 Å². The van der Waals surface area contributed by atoms with E-state index in [0.717, 1.165) is 5.56 Å². The maximum Gasteiger partial charge on any atom is 0.243 e. The number of nitrogens with zero attached hydrogens (tertiary/aromatic N) is 1.